The van der Waals surface area contributed by atoms with Gasteiger partial charge in [0.1, 0.15) is 5.75 Å². The smallest absolute Gasteiger partial charge is 0.220 e. The molecule has 3 nitrogen and oxygen atoms in total. The molecule has 1 aliphatic rings. The molecule has 1 unspecified atom stereocenters. The molecule has 1 N–H and O–H groups in total. The maximum absolute atomic E-state index is 11.3. The van der Waals surface area contributed by atoms with Gasteiger partial charge in [0.05, 0.1) is 7.11 Å². The van der Waals surface area contributed by atoms with Gasteiger partial charge in [-0.3, -0.25) is 4.79 Å². The summed E-state index contributed by atoms with van der Waals surface area (Å²) in [5, 5.41) is 4.94. The zero-order valence-corrected chi connectivity index (χ0v) is 11.5. The van der Waals surface area contributed by atoms with Crippen LogP contribution in [0, 0.1) is 0 Å². The van der Waals surface area contributed by atoms with Crippen LogP contribution in [0.4, 0.5) is 0 Å². The molecule has 3 rings (SSSR count). The molecule has 0 saturated carbocycles. The molecule has 0 radical (unpaired) electrons. The van der Waals surface area contributed by atoms with E-state index in [4.69, 9.17) is 4.74 Å². The lowest BCUT2D eigenvalue weighted by Crippen LogP contribution is -2.13. The fourth-order valence-corrected chi connectivity index (χ4v) is 3.19. The van der Waals surface area contributed by atoms with Crippen LogP contribution in [0.5, 0.6) is 5.75 Å². The first kappa shape index (κ1) is 12.2. The van der Waals surface area contributed by atoms with Gasteiger partial charge in [0.2, 0.25) is 5.91 Å². The van der Waals surface area contributed by atoms with Crippen molar-refractivity contribution in [1.29, 1.82) is 0 Å². The Labute approximate surface area is 116 Å². The van der Waals surface area contributed by atoms with Crippen molar-refractivity contribution >= 4 is 17.2 Å². The number of rotatable bonds is 3. The van der Waals surface area contributed by atoms with E-state index in [-0.39, 0.29) is 11.8 Å². The summed E-state index contributed by atoms with van der Waals surface area (Å²) in [5.41, 5.74) is 2.30. The number of ether oxygens (including phenoxy) is 1. The molecule has 1 fully saturated rings. The number of benzene rings is 1. The fraction of sp³-hybridized carbons (Fsp3) is 0.267. The minimum Gasteiger partial charge on any atom is -0.496 e. The summed E-state index contributed by atoms with van der Waals surface area (Å²) < 4.78 is 5.43. The SMILES string of the molecule is COc1ccc(C2CNC(=O)C2)cc1-c1cccs1. The van der Waals surface area contributed by atoms with Crippen molar-refractivity contribution in [2.45, 2.75) is 12.3 Å². The van der Waals surface area contributed by atoms with Crippen LogP contribution >= 0.6 is 11.3 Å². The highest BCUT2D eigenvalue weighted by Crippen LogP contribution is 2.36. The Bertz CT molecular complexity index is 592. The van der Waals surface area contributed by atoms with E-state index in [2.05, 4.69) is 28.9 Å². The first-order valence-electron chi connectivity index (χ1n) is 6.26. The molecule has 4 heteroatoms. The van der Waals surface area contributed by atoms with E-state index in [1.165, 1.54) is 10.4 Å². The topological polar surface area (TPSA) is 38.3 Å². The Hall–Kier alpha value is -1.81. The van der Waals surface area contributed by atoms with Crippen LogP contribution in [0.1, 0.15) is 17.9 Å². The third-order valence-electron chi connectivity index (χ3n) is 3.46. The average molecular weight is 273 g/mol. The monoisotopic (exact) mass is 273 g/mol. The van der Waals surface area contributed by atoms with E-state index < -0.39 is 0 Å². The van der Waals surface area contributed by atoms with E-state index in [9.17, 15) is 4.79 Å². The Morgan fingerprint density at radius 2 is 2.26 bits per heavy atom. The van der Waals surface area contributed by atoms with E-state index >= 15 is 0 Å². The number of hydrogen-bond donors (Lipinski definition) is 1. The van der Waals surface area contributed by atoms with E-state index in [0.717, 1.165) is 17.9 Å². The summed E-state index contributed by atoms with van der Waals surface area (Å²) >= 11 is 1.69. The summed E-state index contributed by atoms with van der Waals surface area (Å²) in [7, 11) is 1.69. The van der Waals surface area contributed by atoms with Crippen LogP contribution in [0.3, 0.4) is 0 Å². The molecule has 1 aromatic carbocycles. The molecule has 1 amide bonds. The Morgan fingerprint density at radius 1 is 1.37 bits per heavy atom. The van der Waals surface area contributed by atoms with Crippen LogP contribution in [-0.4, -0.2) is 19.6 Å². The van der Waals surface area contributed by atoms with Gasteiger partial charge in [-0.05, 0) is 29.1 Å². The lowest BCUT2D eigenvalue weighted by atomic mass is 9.95. The predicted octanol–water partition coefficient (Wildman–Crippen LogP) is 3.03. The lowest BCUT2D eigenvalue weighted by Gasteiger charge is -2.12. The molecule has 0 aliphatic carbocycles. The number of carbonyl (C=O) groups excluding carboxylic acids is 1. The zero-order valence-electron chi connectivity index (χ0n) is 10.7. The maximum atomic E-state index is 11.3. The quantitative estimate of drug-likeness (QED) is 0.933. The molecule has 1 atom stereocenters. The first-order chi connectivity index (χ1) is 9.28. The van der Waals surface area contributed by atoms with Gasteiger partial charge in [-0.1, -0.05) is 12.1 Å². The largest absolute Gasteiger partial charge is 0.496 e. The summed E-state index contributed by atoms with van der Waals surface area (Å²) in [6, 6.07) is 10.3. The summed E-state index contributed by atoms with van der Waals surface area (Å²) in [4.78, 5) is 12.5. The number of nitrogens with one attached hydrogen (secondary N) is 1. The second-order valence-corrected chi connectivity index (χ2v) is 5.59. The Balaban J connectivity index is 2.00. The van der Waals surface area contributed by atoms with Gasteiger partial charge in [0.25, 0.3) is 0 Å². The molecule has 1 saturated heterocycles. The number of carbonyl (C=O) groups is 1. The van der Waals surface area contributed by atoms with E-state index in [1.807, 2.05) is 12.1 Å². The molecule has 1 aliphatic heterocycles. The minimum atomic E-state index is 0.137. The Kier molecular flexibility index (Phi) is 3.25. The fourth-order valence-electron chi connectivity index (χ4n) is 2.44. The summed E-state index contributed by atoms with van der Waals surface area (Å²) in [6.45, 7) is 0.731. The number of hydrogen-bond acceptors (Lipinski definition) is 3. The highest BCUT2D eigenvalue weighted by molar-refractivity contribution is 7.13. The van der Waals surface area contributed by atoms with Crippen molar-refractivity contribution in [3.63, 3.8) is 0 Å². The van der Waals surface area contributed by atoms with E-state index in [0.29, 0.717) is 6.42 Å². The molecule has 1 aromatic heterocycles. The van der Waals surface area contributed by atoms with Crippen molar-refractivity contribution in [3.8, 4) is 16.2 Å². The third-order valence-corrected chi connectivity index (χ3v) is 4.36. The van der Waals surface area contributed by atoms with Crippen molar-refractivity contribution < 1.29 is 9.53 Å². The maximum Gasteiger partial charge on any atom is 0.220 e. The summed E-state index contributed by atoms with van der Waals surface area (Å²) in [6.07, 6.45) is 0.580. The van der Waals surface area contributed by atoms with Crippen molar-refractivity contribution in [3.05, 3.63) is 41.3 Å². The highest BCUT2D eigenvalue weighted by atomic mass is 32.1. The van der Waals surface area contributed by atoms with Crippen LogP contribution in [0.15, 0.2) is 35.7 Å². The molecule has 0 spiro atoms. The zero-order chi connectivity index (χ0) is 13.2. The second kappa shape index (κ2) is 5.05. The number of methoxy groups -OCH3 is 1. The molecule has 2 heterocycles. The molecule has 2 aromatic rings. The second-order valence-electron chi connectivity index (χ2n) is 4.64. The van der Waals surface area contributed by atoms with Crippen molar-refractivity contribution in [2.24, 2.45) is 0 Å². The van der Waals surface area contributed by atoms with Gasteiger partial charge in [0.15, 0.2) is 0 Å². The van der Waals surface area contributed by atoms with Crippen LogP contribution in [0.2, 0.25) is 0 Å². The average Bonchev–Trinajstić information content (AvgIpc) is 3.09. The van der Waals surface area contributed by atoms with Gasteiger partial charge in [-0.25, -0.2) is 0 Å². The van der Waals surface area contributed by atoms with Gasteiger partial charge in [0, 0.05) is 29.3 Å². The molecule has 98 valence electrons. The Morgan fingerprint density at radius 3 is 2.89 bits per heavy atom. The predicted molar refractivity (Wildman–Crippen MR) is 76.7 cm³/mol. The van der Waals surface area contributed by atoms with Crippen LogP contribution in [-0.2, 0) is 4.79 Å². The first-order valence-corrected chi connectivity index (χ1v) is 7.14. The van der Waals surface area contributed by atoms with Crippen LogP contribution < -0.4 is 10.1 Å². The van der Waals surface area contributed by atoms with Gasteiger partial charge in [-0.2, -0.15) is 0 Å². The normalized spacial score (nSPS) is 18.4. The third kappa shape index (κ3) is 2.36. The molecular weight excluding hydrogens is 258 g/mol. The van der Waals surface area contributed by atoms with Gasteiger partial charge >= 0.3 is 0 Å². The molecular formula is C15H15NO2S. The number of thiophene rings is 1. The molecule has 19 heavy (non-hydrogen) atoms. The van der Waals surface area contributed by atoms with Crippen molar-refractivity contribution in [2.75, 3.05) is 13.7 Å². The van der Waals surface area contributed by atoms with Crippen LogP contribution in [0.25, 0.3) is 10.4 Å². The molecule has 0 bridgehead atoms. The van der Waals surface area contributed by atoms with Gasteiger partial charge in [-0.15, -0.1) is 11.3 Å². The van der Waals surface area contributed by atoms with Crippen molar-refractivity contribution in [1.82, 2.24) is 5.32 Å². The highest BCUT2D eigenvalue weighted by Gasteiger charge is 2.23. The summed E-state index contributed by atoms with van der Waals surface area (Å²) in [5.74, 6) is 1.29. The van der Waals surface area contributed by atoms with Gasteiger partial charge < -0.3 is 10.1 Å². The standard InChI is InChI=1S/C15H15NO2S/c1-18-13-5-4-10(11-8-15(17)16-9-11)7-12(13)14-3-2-6-19-14/h2-7,11H,8-9H2,1H3,(H,16,17). The number of amides is 1. The van der Waals surface area contributed by atoms with E-state index in [1.54, 1.807) is 18.4 Å². The lowest BCUT2D eigenvalue weighted by molar-refractivity contribution is -0.119. The minimum absolute atomic E-state index is 0.137.